The molecule has 1 heterocycles. The van der Waals surface area contributed by atoms with Crippen molar-refractivity contribution in [3.8, 4) is 21.9 Å². The minimum Gasteiger partial charge on any atom is -0.494 e. The van der Waals surface area contributed by atoms with Crippen LogP contribution in [0.4, 0.5) is 0 Å². The second kappa shape index (κ2) is 11.9. The van der Waals surface area contributed by atoms with E-state index in [4.69, 9.17) is 9.47 Å². The van der Waals surface area contributed by atoms with Crippen LogP contribution in [0.1, 0.15) is 12.0 Å². The number of thiophene rings is 1. The fourth-order valence-electron chi connectivity index (χ4n) is 2.81. The average Bonchev–Trinajstić information content (AvgIpc) is 3.21. The van der Waals surface area contributed by atoms with Gasteiger partial charge in [-0.25, -0.2) is 0 Å². The zero-order chi connectivity index (χ0) is 20.3. The summed E-state index contributed by atoms with van der Waals surface area (Å²) in [7, 11) is 4.17. The summed E-state index contributed by atoms with van der Waals surface area (Å²) in [6.45, 7) is 2.54. The van der Waals surface area contributed by atoms with E-state index in [1.165, 1.54) is 16.0 Å². The molecule has 0 bridgehead atoms. The van der Waals surface area contributed by atoms with Gasteiger partial charge in [-0.15, -0.1) is 11.3 Å². The Labute approximate surface area is 182 Å². The van der Waals surface area contributed by atoms with Crippen LogP contribution >= 0.6 is 23.1 Å². The molecule has 0 fully saturated rings. The second-order valence-electron chi connectivity index (χ2n) is 7.06. The zero-order valence-corrected chi connectivity index (χ0v) is 18.8. The van der Waals surface area contributed by atoms with Gasteiger partial charge in [0, 0.05) is 22.9 Å². The zero-order valence-electron chi connectivity index (χ0n) is 17.2. The monoisotopic (exact) mass is 427 g/mol. The minimum absolute atomic E-state index is 0.738. The lowest BCUT2D eigenvalue weighted by Gasteiger charge is -2.10. The van der Waals surface area contributed by atoms with Crippen molar-refractivity contribution in [2.24, 2.45) is 0 Å². The van der Waals surface area contributed by atoms with E-state index in [2.05, 4.69) is 54.7 Å². The van der Waals surface area contributed by atoms with Gasteiger partial charge in [-0.3, -0.25) is 0 Å². The second-order valence-corrected chi connectivity index (χ2v) is 9.08. The molecule has 0 atom stereocenters. The summed E-state index contributed by atoms with van der Waals surface area (Å²) in [6, 6.07) is 20.7. The molecule has 0 saturated carbocycles. The topological polar surface area (TPSA) is 21.7 Å². The minimum atomic E-state index is 0.738. The van der Waals surface area contributed by atoms with Gasteiger partial charge in [-0.1, -0.05) is 18.2 Å². The van der Waals surface area contributed by atoms with E-state index in [0.717, 1.165) is 49.2 Å². The van der Waals surface area contributed by atoms with E-state index >= 15 is 0 Å². The highest BCUT2D eigenvalue weighted by atomic mass is 32.2. The Morgan fingerprint density at radius 1 is 0.897 bits per heavy atom. The summed E-state index contributed by atoms with van der Waals surface area (Å²) in [6.07, 6.45) is 1.04. The molecule has 0 aliphatic rings. The Kier molecular flexibility index (Phi) is 8.93. The fourth-order valence-corrected chi connectivity index (χ4v) is 4.59. The van der Waals surface area contributed by atoms with Crippen LogP contribution in [0.3, 0.4) is 0 Å². The molecule has 154 valence electrons. The van der Waals surface area contributed by atoms with Gasteiger partial charge in [0.05, 0.1) is 13.2 Å². The first kappa shape index (κ1) is 21.8. The maximum absolute atomic E-state index is 5.82. The van der Waals surface area contributed by atoms with Crippen LogP contribution in [-0.2, 0) is 5.75 Å². The van der Waals surface area contributed by atoms with Gasteiger partial charge in [-0.05, 0) is 79.5 Å². The Morgan fingerprint density at radius 3 is 2.38 bits per heavy atom. The number of hydrogen-bond donors (Lipinski definition) is 0. The van der Waals surface area contributed by atoms with Crippen LogP contribution in [0.2, 0.25) is 0 Å². The molecule has 0 N–H and O–H groups in total. The van der Waals surface area contributed by atoms with Gasteiger partial charge < -0.3 is 14.4 Å². The lowest BCUT2D eigenvalue weighted by Crippen LogP contribution is -2.15. The maximum atomic E-state index is 5.82. The number of nitrogens with zero attached hydrogens (tertiary/aromatic N) is 1. The smallest absolute Gasteiger partial charge is 0.119 e. The van der Waals surface area contributed by atoms with Crippen molar-refractivity contribution >= 4 is 23.1 Å². The fraction of sp³-hybridized carbons (Fsp3) is 0.333. The lowest BCUT2D eigenvalue weighted by molar-refractivity contribution is 0.281. The van der Waals surface area contributed by atoms with Crippen molar-refractivity contribution < 1.29 is 9.47 Å². The molecule has 0 aliphatic carbocycles. The molecule has 0 spiro atoms. The highest BCUT2D eigenvalue weighted by Crippen LogP contribution is 2.30. The van der Waals surface area contributed by atoms with Crippen LogP contribution in [0.25, 0.3) is 10.4 Å². The summed E-state index contributed by atoms with van der Waals surface area (Å²) >= 11 is 3.71. The Hall–Kier alpha value is -1.95. The SMILES string of the molecule is CN(C)CCCOc1ccc(-c2cc(CSCCOc3ccccc3)cs2)cc1. The van der Waals surface area contributed by atoms with Crippen molar-refractivity contribution in [2.75, 3.05) is 39.6 Å². The third-order valence-corrected chi connectivity index (χ3v) is 6.34. The van der Waals surface area contributed by atoms with E-state index in [1.807, 2.05) is 42.1 Å². The summed E-state index contributed by atoms with van der Waals surface area (Å²) in [5, 5.41) is 2.26. The number of thioether (sulfide) groups is 1. The largest absolute Gasteiger partial charge is 0.494 e. The average molecular weight is 428 g/mol. The third kappa shape index (κ3) is 7.77. The van der Waals surface area contributed by atoms with Crippen LogP contribution in [0.5, 0.6) is 11.5 Å². The molecule has 1 aromatic heterocycles. The standard InChI is InChI=1S/C24H29NO2S2/c1-25(2)13-6-14-26-23-11-9-21(10-12-23)24-17-20(19-29-24)18-28-16-15-27-22-7-4-3-5-8-22/h3-5,7-12,17,19H,6,13-16,18H2,1-2H3. The molecule has 3 rings (SSSR count). The van der Waals surface area contributed by atoms with Crippen molar-refractivity contribution in [3.05, 3.63) is 71.6 Å². The molecule has 2 aromatic carbocycles. The van der Waals surface area contributed by atoms with E-state index in [-0.39, 0.29) is 0 Å². The molecule has 29 heavy (non-hydrogen) atoms. The molecule has 0 unspecified atom stereocenters. The number of hydrogen-bond acceptors (Lipinski definition) is 5. The van der Waals surface area contributed by atoms with Crippen molar-refractivity contribution in [3.63, 3.8) is 0 Å². The molecule has 0 saturated heterocycles. The highest BCUT2D eigenvalue weighted by Gasteiger charge is 2.04. The molecule has 5 heteroatoms. The lowest BCUT2D eigenvalue weighted by atomic mass is 10.1. The van der Waals surface area contributed by atoms with Gasteiger partial charge in [0.2, 0.25) is 0 Å². The Morgan fingerprint density at radius 2 is 1.62 bits per heavy atom. The van der Waals surface area contributed by atoms with Gasteiger partial charge in [0.15, 0.2) is 0 Å². The first-order valence-corrected chi connectivity index (χ1v) is 11.9. The van der Waals surface area contributed by atoms with Gasteiger partial charge in [0.1, 0.15) is 11.5 Å². The van der Waals surface area contributed by atoms with Gasteiger partial charge in [0.25, 0.3) is 0 Å². The summed E-state index contributed by atoms with van der Waals surface area (Å²) in [5.41, 5.74) is 2.62. The first-order valence-electron chi connectivity index (χ1n) is 9.92. The number of ether oxygens (including phenoxy) is 2. The summed E-state index contributed by atoms with van der Waals surface area (Å²) in [4.78, 5) is 3.48. The summed E-state index contributed by atoms with van der Waals surface area (Å²) < 4.78 is 11.6. The predicted molar refractivity (Wildman–Crippen MR) is 127 cm³/mol. The molecule has 0 aliphatic heterocycles. The molecule has 0 radical (unpaired) electrons. The van der Waals surface area contributed by atoms with Crippen LogP contribution in [-0.4, -0.2) is 44.5 Å². The molecule has 3 nitrogen and oxygen atoms in total. The van der Waals surface area contributed by atoms with Crippen molar-refractivity contribution in [1.29, 1.82) is 0 Å². The van der Waals surface area contributed by atoms with Crippen LogP contribution < -0.4 is 9.47 Å². The van der Waals surface area contributed by atoms with Gasteiger partial charge >= 0.3 is 0 Å². The van der Waals surface area contributed by atoms with Crippen LogP contribution in [0, 0.1) is 0 Å². The highest BCUT2D eigenvalue weighted by molar-refractivity contribution is 7.98. The summed E-state index contributed by atoms with van der Waals surface area (Å²) in [5.74, 6) is 3.89. The quantitative estimate of drug-likeness (QED) is 0.328. The van der Waals surface area contributed by atoms with Gasteiger partial charge in [-0.2, -0.15) is 11.8 Å². The molecular weight excluding hydrogens is 398 g/mol. The number of benzene rings is 2. The molecule has 3 aromatic rings. The maximum Gasteiger partial charge on any atom is 0.119 e. The number of rotatable bonds is 12. The molecule has 0 amide bonds. The number of para-hydroxylation sites is 1. The van der Waals surface area contributed by atoms with Crippen molar-refractivity contribution in [2.45, 2.75) is 12.2 Å². The third-order valence-electron chi connectivity index (χ3n) is 4.32. The Bertz CT molecular complexity index is 832. The van der Waals surface area contributed by atoms with Crippen molar-refractivity contribution in [1.82, 2.24) is 4.90 Å². The first-order chi connectivity index (χ1) is 14.2. The Balaban J connectivity index is 1.38. The van der Waals surface area contributed by atoms with E-state index in [0.29, 0.717) is 0 Å². The van der Waals surface area contributed by atoms with E-state index in [1.54, 1.807) is 11.3 Å². The molecular formula is C24H29NO2S2. The normalized spacial score (nSPS) is 11.0. The predicted octanol–water partition coefficient (Wildman–Crippen LogP) is 6.06. The van der Waals surface area contributed by atoms with E-state index in [9.17, 15) is 0 Å². The van der Waals surface area contributed by atoms with Crippen LogP contribution in [0.15, 0.2) is 66.0 Å². The van der Waals surface area contributed by atoms with E-state index < -0.39 is 0 Å².